The summed E-state index contributed by atoms with van der Waals surface area (Å²) in [7, 11) is 0. The number of nitrogens with one attached hydrogen (secondary N) is 6. The predicted octanol–water partition coefficient (Wildman–Crippen LogP) is 13.3. The number of nitrogens with zero attached hydrogens (tertiary/aromatic N) is 12. The van der Waals surface area contributed by atoms with Crippen LogP contribution < -0.4 is 30.9 Å². The van der Waals surface area contributed by atoms with E-state index in [4.69, 9.17) is 19.3 Å². The average molecular weight is 1270 g/mol. The summed E-state index contributed by atoms with van der Waals surface area (Å²) < 4.78 is 23.0. The minimum atomic E-state index is -0.258. The molecule has 0 radical (unpaired) electrons. The summed E-state index contributed by atoms with van der Waals surface area (Å²) in [5.41, 5.74) is 9.55. The molecular formula is C70H78N18O6. The van der Waals surface area contributed by atoms with Crippen LogP contribution >= 0.6 is 0 Å². The monoisotopic (exact) mass is 1270 g/mol. The van der Waals surface area contributed by atoms with E-state index in [1.807, 2.05) is 149 Å². The number of hydrogen-bond donors (Lipinski definition) is 6. The van der Waals surface area contributed by atoms with Gasteiger partial charge in [0.05, 0.1) is 59.6 Å². The van der Waals surface area contributed by atoms with Crippen LogP contribution in [0.2, 0.25) is 0 Å². The first-order valence-corrected chi connectivity index (χ1v) is 32.2. The maximum absolute atomic E-state index is 13.1. The van der Waals surface area contributed by atoms with Crippen molar-refractivity contribution >= 4 is 0 Å². The number of rotatable bonds is 26. The number of H-pyrrole nitrogens is 6. The summed E-state index contributed by atoms with van der Waals surface area (Å²) in [6.07, 6.45) is 21.1. The molecule has 24 nitrogen and oxygen atoms in total. The maximum atomic E-state index is 13.1. The zero-order chi connectivity index (χ0) is 65.3. The third-order valence-corrected chi connectivity index (χ3v) is 15.8. The second-order valence-electron chi connectivity index (χ2n) is 23.0. The molecule has 13 rings (SSSR count). The van der Waals surface area contributed by atoms with E-state index in [2.05, 4.69) is 105 Å². The van der Waals surface area contributed by atoms with E-state index >= 15 is 0 Å². The molecule has 24 heteroatoms. The molecule has 0 unspecified atom stereocenters. The molecule has 0 aliphatic heterocycles. The molecule has 12 aromatic rings. The van der Waals surface area contributed by atoms with Gasteiger partial charge in [0.15, 0.2) is 17.5 Å². The maximum Gasteiger partial charge on any atom is 0.260 e. The van der Waals surface area contributed by atoms with Crippen molar-refractivity contribution in [2.24, 2.45) is 0 Å². The molecular weight excluding hydrogens is 1190 g/mol. The lowest BCUT2D eigenvalue weighted by atomic mass is 10.0. The van der Waals surface area contributed by atoms with Crippen molar-refractivity contribution in [3.05, 3.63) is 178 Å². The Hall–Kier alpha value is -11.0. The lowest BCUT2D eigenvalue weighted by Crippen LogP contribution is -2.13. The average Bonchev–Trinajstić information content (AvgIpc) is 1.43. The number of ether oxygens (including phenoxy) is 3. The van der Waals surface area contributed by atoms with Crippen LogP contribution in [-0.4, -0.2) is 110 Å². The highest BCUT2D eigenvalue weighted by atomic mass is 16.5. The number of hydrogen-bond acceptors (Lipinski definition) is 15. The highest BCUT2D eigenvalue weighted by molar-refractivity contribution is 5.84. The molecule has 1 saturated carbocycles. The van der Waals surface area contributed by atoms with Crippen LogP contribution in [0.3, 0.4) is 0 Å². The molecule has 484 valence electrons. The topological polar surface area (TPSA) is 304 Å². The van der Waals surface area contributed by atoms with Crippen molar-refractivity contribution < 1.29 is 14.2 Å². The minimum absolute atomic E-state index is 0.212. The first-order valence-electron chi connectivity index (χ1n) is 32.2. The van der Waals surface area contributed by atoms with E-state index in [1.165, 1.54) is 38.2 Å². The molecule has 0 bridgehead atoms. The highest BCUT2D eigenvalue weighted by Gasteiger charge is 2.26. The van der Waals surface area contributed by atoms with Crippen LogP contribution in [0.5, 0.6) is 17.2 Å². The van der Waals surface area contributed by atoms with Gasteiger partial charge in [-0.2, -0.15) is 30.6 Å². The van der Waals surface area contributed by atoms with Crippen LogP contribution in [0.25, 0.3) is 102 Å². The van der Waals surface area contributed by atoms with Gasteiger partial charge in [-0.3, -0.25) is 43.7 Å². The minimum Gasteiger partial charge on any atom is -0.494 e. The quantitative estimate of drug-likeness (QED) is 0.0275. The molecule has 0 saturated heterocycles. The summed E-state index contributed by atoms with van der Waals surface area (Å²) in [5.74, 6) is 3.69. The van der Waals surface area contributed by atoms with Gasteiger partial charge in [-0.25, -0.2) is 15.0 Å². The Morgan fingerprint density at radius 2 is 0.851 bits per heavy atom. The van der Waals surface area contributed by atoms with Gasteiger partial charge in [0, 0.05) is 64.9 Å². The van der Waals surface area contributed by atoms with Crippen molar-refractivity contribution in [3.8, 4) is 119 Å². The normalized spacial score (nSPS) is 11.9. The van der Waals surface area contributed by atoms with Gasteiger partial charge in [-0.1, -0.05) is 52.9 Å². The fraction of sp³-hybridized carbons (Fsp3) is 0.314. The van der Waals surface area contributed by atoms with Crippen LogP contribution in [0.1, 0.15) is 118 Å². The Morgan fingerprint density at radius 1 is 0.457 bits per heavy atom. The van der Waals surface area contributed by atoms with E-state index in [1.54, 1.807) is 0 Å². The van der Waals surface area contributed by atoms with Crippen LogP contribution in [0, 0.1) is 0 Å². The molecule has 0 spiro atoms. The van der Waals surface area contributed by atoms with Gasteiger partial charge in [-0.15, -0.1) is 0 Å². The molecule has 1 aliphatic rings. The zero-order valence-electron chi connectivity index (χ0n) is 53.7. The van der Waals surface area contributed by atoms with E-state index in [0.29, 0.717) is 99.6 Å². The second-order valence-corrected chi connectivity index (χ2v) is 23.0. The Bertz CT molecular complexity index is 4330. The number of aryl methyl sites for hydroxylation is 1. The lowest BCUT2D eigenvalue weighted by Gasteiger charge is -2.10. The molecule has 0 atom stereocenters. The van der Waals surface area contributed by atoms with E-state index < -0.39 is 0 Å². The molecule has 1 fully saturated rings. The van der Waals surface area contributed by atoms with Gasteiger partial charge in [0.2, 0.25) is 0 Å². The van der Waals surface area contributed by atoms with Crippen LogP contribution in [-0.2, 0) is 6.54 Å². The van der Waals surface area contributed by atoms with Crippen molar-refractivity contribution in [2.45, 2.75) is 124 Å². The molecule has 0 amide bonds. The smallest absolute Gasteiger partial charge is 0.260 e. The Labute approximate surface area is 542 Å². The van der Waals surface area contributed by atoms with Crippen molar-refractivity contribution in [1.29, 1.82) is 0 Å². The molecule has 6 N–H and O–H groups in total. The van der Waals surface area contributed by atoms with E-state index in [-0.39, 0.29) is 22.7 Å². The summed E-state index contributed by atoms with van der Waals surface area (Å²) in [5, 5.41) is 34.1. The highest BCUT2D eigenvalue weighted by Crippen LogP contribution is 2.37. The summed E-state index contributed by atoms with van der Waals surface area (Å²) >= 11 is 0. The first-order chi connectivity index (χ1) is 46.0. The lowest BCUT2D eigenvalue weighted by molar-refractivity contribution is 0.305. The summed E-state index contributed by atoms with van der Waals surface area (Å²) in [6, 6.07) is 35.5. The zero-order valence-corrected chi connectivity index (χ0v) is 53.7. The van der Waals surface area contributed by atoms with Gasteiger partial charge < -0.3 is 29.2 Å². The van der Waals surface area contributed by atoms with Crippen LogP contribution in [0.15, 0.2) is 161 Å². The number of aromatic nitrogens is 18. The third-order valence-electron chi connectivity index (χ3n) is 15.8. The van der Waals surface area contributed by atoms with Crippen molar-refractivity contribution in [3.63, 3.8) is 0 Å². The van der Waals surface area contributed by atoms with Crippen molar-refractivity contribution in [1.82, 2.24) is 89.8 Å². The van der Waals surface area contributed by atoms with E-state index in [0.717, 1.165) is 96.7 Å². The Balaban J connectivity index is 0.000000144. The fourth-order valence-corrected chi connectivity index (χ4v) is 10.5. The predicted molar refractivity (Wildman–Crippen MR) is 362 cm³/mol. The molecule has 1 aliphatic carbocycles. The van der Waals surface area contributed by atoms with Gasteiger partial charge in [-0.05, 0) is 179 Å². The summed E-state index contributed by atoms with van der Waals surface area (Å²) in [4.78, 5) is 60.8. The number of unbranched alkanes of at least 4 members (excludes halogenated alkanes) is 5. The molecule has 3 aromatic carbocycles. The summed E-state index contributed by atoms with van der Waals surface area (Å²) in [6.45, 7) is 15.5. The van der Waals surface area contributed by atoms with Crippen molar-refractivity contribution in [2.75, 3.05) is 19.8 Å². The standard InChI is InChI=1S/C24H28N6O2.C23H24N6O2.C23H26N6O2/c1-3-5-6-7-14-32-18-10-8-17(9-11-18)21-15-19(20-12-13-30(4-2)29-20)22(24(31)27-21)23-25-16-26-28-23;1-2-3-12-31-17-8-4-15(5-9-17)20-13-18(19-10-11-29(28-19)16-6-7-16)21(23(30)26-20)22-24-14-25-27-22;1-4-5-12-31-17-8-6-16(7-9-17)20-13-18(19-10-11-29(28-19)15(2)3)21(23(30)26-20)22-24-14-25-27-22/h8-13,15-16H,3-7,14H2,1-2H3,(H,27,31)(H,25,26,28);4-5,8-11,13-14,16H,2-3,6-7,12H2,1H3,(H,26,30)(H,24,25,27);6-11,13-15H,4-5,12H2,1-3H3,(H,26,30)(H,24,25,27). The molecule has 94 heavy (non-hydrogen) atoms. The Kier molecular flexibility index (Phi) is 21.2. The number of aromatic amines is 6. The SMILES string of the molecule is CCCCCCOc1ccc(-c2cc(-c3ccn(CC)n3)c(-c3ncn[nH]3)c(=O)[nH]2)cc1.CCCCOc1ccc(-c2cc(-c3ccn(C(C)C)n3)c(-c3ncn[nH]3)c(=O)[nH]2)cc1.CCCCOc1ccc(-c2cc(-c3ccn(C4CC4)n3)c(-c3ncn[nH]3)c(=O)[nH]2)cc1. The first kappa shape index (κ1) is 64.5. The number of benzene rings is 3. The third kappa shape index (κ3) is 15.8. The van der Waals surface area contributed by atoms with Gasteiger partial charge in [0.25, 0.3) is 16.7 Å². The largest absolute Gasteiger partial charge is 0.494 e. The second kappa shape index (κ2) is 30.9. The van der Waals surface area contributed by atoms with E-state index in [9.17, 15) is 14.4 Å². The Morgan fingerprint density at radius 3 is 1.21 bits per heavy atom. The van der Waals surface area contributed by atoms with Crippen LogP contribution in [0.4, 0.5) is 0 Å². The fourth-order valence-electron chi connectivity index (χ4n) is 10.5. The molecule has 9 heterocycles. The number of pyridine rings is 3. The van der Waals surface area contributed by atoms with Gasteiger partial charge >= 0.3 is 0 Å². The van der Waals surface area contributed by atoms with Gasteiger partial charge in [0.1, 0.15) is 36.2 Å². The molecule has 9 aromatic heterocycles.